The van der Waals surface area contributed by atoms with E-state index < -0.39 is 0 Å². The summed E-state index contributed by atoms with van der Waals surface area (Å²) in [7, 11) is 0. The number of hydrogen-bond donors (Lipinski definition) is 2. The minimum Gasteiger partial charge on any atom is -0.335 e. The Balaban J connectivity index is 1.59. The summed E-state index contributed by atoms with van der Waals surface area (Å²) >= 11 is 6.07. The van der Waals surface area contributed by atoms with Crippen LogP contribution in [0, 0.1) is 6.92 Å². The number of benzene rings is 2. The topological polar surface area (TPSA) is 41.1 Å². The largest absolute Gasteiger partial charge is 0.335 e. The van der Waals surface area contributed by atoms with Crippen molar-refractivity contribution in [3.05, 3.63) is 64.2 Å². The standard InChI is InChI=1S/C18H19ClN2O/c1-12-6-8-16(11-17(12)19)21-18(22)20-15-9-7-13-4-2-3-5-14(13)10-15/h2-6,8,11,15H,7,9-10H2,1H3,(H2,20,21,22). The van der Waals surface area contributed by atoms with E-state index in [0.29, 0.717) is 10.7 Å². The summed E-state index contributed by atoms with van der Waals surface area (Å²) in [6.07, 6.45) is 2.87. The highest BCUT2D eigenvalue weighted by molar-refractivity contribution is 6.31. The molecular formula is C18H19ClN2O. The van der Waals surface area contributed by atoms with Crippen LogP contribution in [0.1, 0.15) is 23.1 Å². The highest BCUT2D eigenvalue weighted by atomic mass is 35.5. The van der Waals surface area contributed by atoms with Gasteiger partial charge in [0.25, 0.3) is 0 Å². The number of aryl methyl sites for hydroxylation is 2. The van der Waals surface area contributed by atoms with Crippen LogP contribution in [0.2, 0.25) is 5.02 Å². The number of rotatable bonds is 2. The average Bonchev–Trinajstić information content (AvgIpc) is 2.51. The molecule has 0 heterocycles. The van der Waals surface area contributed by atoms with E-state index in [-0.39, 0.29) is 12.1 Å². The Labute approximate surface area is 135 Å². The van der Waals surface area contributed by atoms with Gasteiger partial charge >= 0.3 is 6.03 Å². The molecule has 22 heavy (non-hydrogen) atoms. The molecule has 0 saturated heterocycles. The maximum absolute atomic E-state index is 12.1. The molecule has 0 aliphatic heterocycles. The van der Waals surface area contributed by atoms with E-state index in [2.05, 4.69) is 34.9 Å². The van der Waals surface area contributed by atoms with Gasteiger partial charge in [0.15, 0.2) is 0 Å². The Morgan fingerprint density at radius 2 is 1.95 bits per heavy atom. The molecule has 1 unspecified atom stereocenters. The summed E-state index contributed by atoms with van der Waals surface area (Å²) in [6, 6.07) is 14.0. The molecule has 3 nitrogen and oxygen atoms in total. The third kappa shape index (κ3) is 3.42. The van der Waals surface area contributed by atoms with Gasteiger partial charge in [-0.3, -0.25) is 0 Å². The number of hydrogen-bond acceptors (Lipinski definition) is 1. The van der Waals surface area contributed by atoms with E-state index in [0.717, 1.165) is 24.8 Å². The minimum absolute atomic E-state index is 0.177. The Morgan fingerprint density at radius 1 is 1.18 bits per heavy atom. The van der Waals surface area contributed by atoms with E-state index in [1.54, 1.807) is 6.07 Å². The third-order valence-corrected chi connectivity index (χ3v) is 4.52. The van der Waals surface area contributed by atoms with Crippen LogP contribution in [0.4, 0.5) is 10.5 Å². The molecule has 3 rings (SSSR count). The van der Waals surface area contributed by atoms with E-state index in [9.17, 15) is 4.79 Å². The number of nitrogens with one attached hydrogen (secondary N) is 2. The van der Waals surface area contributed by atoms with Gasteiger partial charge in [-0.15, -0.1) is 0 Å². The van der Waals surface area contributed by atoms with Crippen LogP contribution in [-0.2, 0) is 12.8 Å². The number of fused-ring (bicyclic) bond motifs is 1. The summed E-state index contributed by atoms with van der Waals surface area (Å²) < 4.78 is 0. The third-order valence-electron chi connectivity index (χ3n) is 4.11. The molecule has 0 saturated carbocycles. The van der Waals surface area contributed by atoms with Crippen LogP contribution in [0.15, 0.2) is 42.5 Å². The van der Waals surface area contributed by atoms with Gasteiger partial charge in [-0.2, -0.15) is 0 Å². The molecule has 0 bridgehead atoms. The molecule has 0 aromatic heterocycles. The number of halogens is 1. The number of urea groups is 1. The van der Waals surface area contributed by atoms with Gasteiger partial charge in [0.1, 0.15) is 0 Å². The smallest absolute Gasteiger partial charge is 0.319 e. The van der Waals surface area contributed by atoms with E-state index in [4.69, 9.17) is 11.6 Å². The Morgan fingerprint density at radius 3 is 2.73 bits per heavy atom. The van der Waals surface area contributed by atoms with Crippen LogP contribution in [0.25, 0.3) is 0 Å². The van der Waals surface area contributed by atoms with E-state index >= 15 is 0 Å². The quantitative estimate of drug-likeness (QED) is 0.851. The lowest BCUT2D eigenvalue weighted by Crippen LogP contribution is -2.41. The number of amides is 2. The van der Waals surface area contributed by atoms with Crippen molar-refractivity contribution in [2.24, 2.45) is 0 Å². The average molecular weight is 315 g/mol. The SMILES string of the molecule is Cc1ccc(NC(=O)NC2CCc3ccccc3C2)cc1Cl. The van der Waals surface area contributed by atoms with Crippen LogP contribution in [-0.4, -0.2) is 12.1 Å². The van der Waals surface area contributed by atoms with Gasteiger partial charge in [-0.1, -0.05) is 41.9 Å². The van der Waals surface area contributed by atoms with Gasteiger partial charge in [0.2, 0.25) is 0 Å². The first-order valence-corrected chi connectivity index (χ1v) is 7.90. The molecule has 1 aliphatic rings. The van der Waals surface area contributed by atoms with Crippen molar-refractivity contribution in [2.75, 3.05) is 5.32 Å². The maximum atomic E-state index is 12.1. The second-order valence-corrected chi connectivity index (χ2v) is 6.18. The molecular weight excluding hydrogens is 296 g/mol. The fourth-order valence-corrected chi connectivity index (χ4v) is 3.02. The van der Waals surface area contributed by atoms with Crippen LogP contribution >= 0.6 is 11.6 Å². The molecule has 1 atom stereocenters. The highest BCUT2D eigenvalue weighted by Crippen LogP contribution is 2.22. The van der Waals surface area contributed by atoms with E-state index in [1.807, 2.05) is 19.1 Å². The molecule has 114 valence electrons. The van der Waals surface area contributed by atoms with Crippen molar-refractivity contribution in [2.45, 2.75) is 32.2 Å². The first-order valence-electron chi connectivity index (χ1n) is 7.52. The normalized spacial score (nSPS) is 16.7. The highest BCUT2D eigenvalue weighted by Gasteiger charge is 2.19. The van der Waals surface area contributed by atoms with Gasteiger partial charge < -0.3 is 10.6 Å². The molecule has 2 N–H and O–H groups in total. The van der Waals surface area contributed by atoms with Gasteiger partial charge in [0, 0.05) is 16.8 Å². The summed E-state index contributed by atoms with van der Waals surface area (Å²) in [5.41, 5.74) is 4.43. The molecule has 2 aromatic carbocycles. The number of carbonyl (C=O) groups is 1. The zero-order valence-electron chi connectivity index (χ0n) is 12.5. The van der Waals surface area contributed by atoms with Crippen molar-refractivity contribution in [3.63, 3.8) is 0 Å². The van der Waals surface area contributed by atoms with Crippen molar-refractivity contribution >= 4 is 23.3 Å². The monoisotopic (exact) mass is 314 g/mol. The van der Waals surface area contributed by atoms with Crippen LogP contribution in [0.3, 0.4) is 0 Å². The first-order chi connectivity index (χ1) is 10.6. The van der Waals surface area contributed by atoms with Gasteiger partial charge in [-0.05, 0) is 55.0 Å². The number of carbonyl (C=O) groups excluding carboxylic acids is 1. The summed E-state index contributed by atoms with van der Waals surface area (Å²) in [5.74, 6) is 0. The number of anilines is 1. The van der Waals surface area contributed by atoms with Crippen LogP contribution < -0.4 is 10.6 Å². The second kappa shape index (κ2) is 6.41. The fourth-order valence-electron chi connectivity index (χ4n) is 2.84. The summed E-state index contributed by atoms with van der Waals surface area (Å²) in [6.45, 7) is 1.94. The summed E-state index contributed by atoms with van der Waals surface area (Å²) in [5, 5.41) is 6.55. The first kappa shape index (κ1) is 14.9. The zero-order chi connectivity index (χ0) is 15.5. The second-order valence-electron chi connectivity index (χ2n) is 5.77. The molecule has 4 heteroatoms. The lowest BCUT2D eigenvalue weighted by atomic mass is 9.88. The maximum Gasteiger partial charge on any atom is 0.319 e. The minimum atomic E-state index is -0.177. The predicted octanol–water partition coefficient (Wildman–Crippen LogP) is 4.33. The van der Waals surface area contributed by atoms with Gasteiger partial charge in [-0.25, -0.2) is 4.79 Å². The van der Waals surface area contributed by atoms with Crippen molar-refractivity contribution < 1.29 is 4.79 Å². The zero-order valence-corrected chi connectivity index (χ0v) is 13.3. The van der Waals surface area contributed by atoms with Crippen LogP contribution in [0.5, 0.6) is 0 Å². The van der Waals surface area contributed by atoms with Crippen molar-refractivity contribution in [3.8, 4) is 0 Å². The predicted molar refractivity (Wildman–Crippen MR) is 90.6 cm³/mol. The summed E-state index contributed by atoms with van der Waals surface area (Å²) in [4.78, 5) is 12.1. The van der Waals surface area contributed by atoms with Gasteiger partial charge in [0.05, 0.1) is 0 Å². The Kier molecular flexibility index (Phi) is 4.34. The molecule has 2 aromatic rings. The molecule has 0 spiro atoms. The molecule has 0 fully saturated rings. The molecule has 2 amide bonds. The fraction of sp³-hybridized carbons (Fsp3) is 0.278. The van der Waals surface area contributed by atoms with Crippen molar-refractivity contribution in [1.82, 2.24) is 5.32 Å². The van der Waals surface area contributed by atoms with Crippen molar-refractivity contribution in [1.29, 1.82) is 0 Å². The Bertz CT molecular complexity index is 699. The molecule has 0 radical (unpaired) electrons. The van der Waals surface area contributed by atoms with E-state index in [1.165, 1.54) is 11.1 Å². The lowest BCUT2D eigenvalue weighted by molar-refractivity contribution is 0.247. The molecule has 1 aliphatic carbocycles. The Hall–Kier alpha value is -2.00. The lowest BCUT2D eigenvalue weighted by Gasteiger charge is -2.25.